The molecule has 1 saturated heterocycles. The molecule has 1 aliphatic rings. The van der Waals surface area contributed by atoms with E-state index in [1.807, 2.05) is 25.1 Å². The van der Waals surface area contributed by atoms with Crippen molar-refractivity contribution in [3.8, 4) is 11.5 Å². The molecule has 0 radical (unpaired) electrons. The quantitative estimate of drug-likeness (QED) is 0.831. The van der Waals surface area contributed by atoms with Crippen molar-refractivity contribution in [2.75, 3.05) is 20.3 Å². The second kappa shape index (κ2) is 4.95. The first-order chi connectivity index (χ1) is 8.24. The zero-order valence-corrected chi connectivity index (χ0v) is 9.95. The van der Waals surface area contributed by atoms with Gasteiger partial charge in [0.15, 0.2) is 11.5 Å². The number of methoxy groups -OCH3 is 1. The number of amides is 2. The number of carbonyl (C=O) groups is 1. The molecule has 17 heavy (non-hydrogen) atoms. The van der Waals surface area contributed by atoms with Crippen molar-refractivity contribution in [1.82, 2.24) is 10.6 Å². The third-order valence-electron chi connectivity index (χ3n) is 2.66. The Morgan fingerprint density at radius 1 is 1.41 bits per heavy atom. The number of benzene rings is 1. The van der Waals surface area contributed by atoms with E-state index in [0.717, 1.165) is 5.56 Å². The highest BCUT2D eigenvalue weighted by molar-refractivity contribution is 5.77. The Labute approximate surface area is 100 Å². The third kappa shape index (κ3) is 2.43. The fourth-order valence-electron chi connectivity index (χ4n) is 1.83. The monoisotopic (exact) mass is 236 g/mol. The van der Waals surface area contributed by atoms with Gasteiger partial charge in [0.2, 0.25) is 0 Å². The minimum atomic E-state index is -0.135. The molecule has 1 aromatic carbocycles. The minimum Gasteiger partial charge on any atom is -0.493 e. The van der Waals surface area contributed by atoms with Crippen LogP contribution in [0, 0.1) is 0 Å². The summed E-state index contributed by atoms with van der Waals surface area (Å²) >= 11 is 0. The summed E-state index contributed by atoms with van der Waals surface area (Å²) in [6.07, 6.45) is 0. The number of hydrogen-bond acceptors (Lipinski definition) is 3. The van der Waals surface area contributed by atoms with Crippen molar-refractivity contribution in [3.63, 3.8) is 0 Å². The van der Waals surface area contributed by atoms with Crippen molar-refractivity contribution in [3.05, 3.63) is 23.8 Å². The minimum absolute atomic E-state index is 0.00684. The van der Waals surface area contributed by atoms with Crippen LogP contribution < -0.4 is 20.1 Å². The van der Waals surface area contributed by atoms with Crippen LogP contribution in [-0.2, 0) is 0 Å². The van der Waals surface area contributed by atoms with Crippen LogP contribution in [0.5, 0.6) is 11.5 Å². The summed E-state index contributed by atoms with van der Waals surface area (Å²) in [5, 5.41) is 5.56. The van der Waals surface area contributed by atoms with Gasteiger partial charge in [-0.1, -0.05) is 6.07 Å². The number of urea groups is 1. The molecule has 0 saturated carbocycles. The fourth-order valence-corrected chi connectivity index (χ4v) is 1.83. The predicted octanol–water partition coefficient (Wildman–Crippen LogP) is 1.45. The highest BCUT2D eigenvalue weighted by atomic mass is 16.5. The van der Waals surface area contributed by atoms with Gasteiger partial charge >= 0.3 is 6.03 Å². The Morgan fingerprint density at radius 3 is 2.82 bits per heavy atom. The van der Waals surface area contributed by atoms with Gasteiger partial charge in [0.05, 0.1) is 19.8 Å². The van der Waals surface area contributed by atoms with Crippen LogP contribution in [0.4, 0.5) is 4.79 Å². The van der Waals surface area contributed by atoms with Gasteiger partial charge in [-0.25, -0.2) is 4.79 Å². The summed E-state index contributed by atoms with van der Waals surface area (Å²) in [7, 11) is 1.61. The van der Waals surface area contributed by atoms with Crippen molar-refractivity contribution >= 4 is 6.03 Å². The average Bonchev–Trinajstić information content (AvgIpc) is 2.76. The molecule has 1 heterocycles. The topological polar surface area (TPSA) is 59.6 Å². The standard InChI is InChI=1S/C12H16N2O3/c1-3-17-11-6-8(4-5-10(11)16-2)9-7-13-12(15)14-9/h4-6,9H,3,7H2,1-2H3,(H2,13,14,15)/t9-/m1/s1. The first kappa shape index (κ1) is 11.6. The molecule has 0 spiro atoms. The van der Waals surface area contributed by atoms with Crippen LogP contribution in [0.3, 0.4) is 0 Å². The van der Waals surface area contributed by atoms with E-state index in [-0.39, 0.29) is 12.1 Å². The normalized spacial score (nSPS) is 18.5. The molecule has 0 aliphatic carbocycles. The summed E-state index contributed by atoms with van der Waals surface area (Å²) in [5.74, 6) is 1.40. The first-order valence-electron chi connectivity index (χ1n) is 5.59. The Hall–Kier alpha value is -1.91. The molecule has 1 aromatic rings. The lowest BCUT2D eigenvalue weighted by molar-refractivity contribution is 0.247. The zero-order valence-electron chi connectivity index (χ0n) is 9.95. The number of hydrogen-bond donors (Lipinski definition) is 2. The van der Waals surface area contributed by atoms with E-state index in [2.05, 4.69) is 10.6 Å². The van der Waals surface area contributed by atoms with Crippen LogP contribution in [0.25, 0.3) is 0 Å². The Bertz CT molecular complexity index is 420. The maximum Gasteiger partial charge on any atom is 0.315 e. The molecule has 2 rings (SSSR count). The molecular weight excluding hydrogens is 220 g/mol. The molecule has 5 heteroatoms. The predicted molar refractivity (Wildman–Crippen MR) is 63.4 cm³/mol. The van der Waals surface area contributed by atoms with E-state index in [4.69, 9.17) is 9.47 Å². The van der Waals surface area contributed by atoms with Gasteiger partial charge in [-0.2, -0.15) is 0 Å². The second-order valence-electron chi connectivity index (χ2n) is 3.75. The van der Waals surface area contributed by atoms with Crippen LogP contribution in [0.15, 0.2) is 18.2 Å². The zero-order chi connectivity index (χ0) is 12.3. The van der Waals surface area contributed by atoms with E-state index < -0.39 is 0 Å². The molecule has 2 N–H and O–H groups in total. The molecule has 5 nitrogen and oxygen atoms in total. The van der Waals surface area contributed by atoms with Crippen molar-refractivity contribution in [1.29, 1.82) is 0 Å². The Morgan fingerprint density at radius 2 is 2.24 bits per heavy atom. The molecular formula is C12H16N2O3. The summed E-state index contributed by atoms with van der Waals surface area (Å²) in [6.45, 7) is 3.09. The van der Waals surface area contributed by atoms with Crippen LogP contribution in [0.2, 0.25) is 0 Å². The molecule has 1 atom stereocenters. The largest absolute Gasteiger partial charge is 0.493 e. The number of rotatable bonds is 4. The Kier molecular flexibility index (Phi) is 3.37. The first-order valence-corrected chi connectivity index (χ1v) is 5.59. The summed E-state index contributed by atoms with van der Waals surface area (Å²) in [4.78, 5) is 11.1. The highest BCUT2D eigenvalue weighted by Gasteiger charge is 2.22. The van der Waals surface area contributed by atoms with E-state index in [9.17, 15) is 4.79 Å². The van der Waals surface area contributed by atoms with Gasteiger partial charge in [0, 0.05) is 6.54 Å². The molecule has 92 valence electrons. The molecule has 0 aromatic heterocycles. The smallest absolute Gasteiger partial charge is 0.315 e. The maximum absolute atomic E-state index is 11.1. The summed E-state index contributed by atoms with van der Waals surface area (Å²) < 4.78 is 10.7. The number of nitrogens with one attached hydrogen (secondary N) is 2. The average molecular weight is 236 g/mol. The maximum atomic E-state index is 11.1. The van der Waals surface area contributed by atoms with Gasteiger partial charge < -0.3 is 20.1 Å². The molecule has 2 amide bonds. The SMILES string of the molecule is CCOc1cc([C@H]2CNC(=O)N2)ccc1OC. The van der Waals surface area contributed by atoms with Crippen molar-refractivity contribution in [2.24, 2.45) is 0 Å². The molecule has 0 bridgehead atoms. The Balaban J connectivity index is 2.23. The van der Waals surface area contributed by atoms with Gasteiger partial charge in [-0.3, -0.25) is 0 Å². The van der Waals surface area contributed by atoms with Crippen LogP contribution >= 0.6 is 0 Å². The van der Waals surface area contributed by atoms with E-state index >= 15 is 0 Å². The van der Waals surface area contributed by atoms with Crippen LogP contribution in [-0.4, -0.2) is 26.3 Å². The lowest BCUT2D eigenvalue weighted by atomic mass is 10.1. The van der Waals surface area contributed by atoms with Crippen molar-refractivity contribution < 1.29 is 14.3 Å². The molecule has 1 fully saturated rings. The van der Waals surface area contributed by atoms with Gasteiger partial charge in [0.25, 0.3) is 0 Å². The second-order valence-corrected chi connectivity index (χ2v) is 3.75. The van der Waals surface area contributed by atoms with Crippen LogP contribution in [0.1, 0.15) is 18.5 Å². The van der Waals surface area contributed by atoms with Gasteiger partial charge in [0.1, 0.15) is 0 Å². The fraction of sp³-hybridized carbons (Fsp3) is 0.417. The van der Waals surface area contributed by atoms with Crippen molar-refractivity contribution in [2.45, 2.75) is 13.0 Å². The number of carbonyl (C=O) groups excluding carboxylic acids is 1. The van der Waals surface area contributed by atoms with Gasteiger partial charge in [-0.05, 0) is 24.6 Å². The van der Waals surface area contributed by atoms with E-state index in [1.54, 1.807) is 7.11 Å². The highest BCUT2D eigenvalue weighted by Crippen LogP contribution is 2.30. The third-order valence-corrected chi connectivity index (χ3v) is 2.66. The molecule has 0 unspecified atom stereocenters. The van der Waals surface area contributed by atoms with E-state index in [1.165, 1.54) is 0 Å². The van der Waals surface area contributed by atoms with Gasteiger partial charge in [-0.15, -0.1) is 0 Å². The number of ether oxygens (including phenoxy) is 2. The lowest BCUT2D eigenvalue weighted by Gasteiger charge is -2.14. The summed E-state index contributed by atoms with van der Waals surface area (Å²) in [5.41, 5.74) is 1.01. The molecule has 1 aliphatic heterocycles. The lowest BCUT2D eigenvalue weighted by Crippen LogP contribution is -2.21. The van der Waals surface area contributed by atoms with E-state index in [0.29, 0.717) is 24.7 Å². The summed E-state index contributed by atoms with van der Waals surface area (Å²) in [6, 6.07) is 5.54.